The summed E-state index contributed by atoms with van der Waals surface area (Å²) in [6.07, 6.45) is 0. The largest absolute Gasteiger partial charge is 0.497 e. The summed E-state index contributed by atoms with van der Waals surface area (Å²) in [6.45, 7) is 3.05. The summed E-state index contributed by atoms with van der Waals surface area (Å²) in [5.74, 6) is 0.905. The van der Waals surface area contributed by atoms with Crippen molar-refractivity contribution >= 4 is 15.9 Å². The Morgan fingerprint density at radius 3 is 2.50 bits per heavy atom. The van der Waals surface area contributed by atoms with Crippen molar-refractivity contribution in [1.29, 1.82) is 0 Å². The molecule has 0 bridgehead atoms. The highest BCUT2D eigenvalue weighted by Crippen LogP contribution is 2.11. The number of rotatable bonds is 5. The fourth-order valence-electron chi connectivity index (χ4n) is 1.09. The first-order chi connectivity index (χ1) is 6.76. The lowest BCUT2D eigenvalue weighted by molar-refractivity contribution is 0.414. The topological polar surface area (TPSA) is 21.3 Å². The second kappa shape index (κ2) is 6.04. The molecule has 1 N–H and O–H groups in total. The van der Waals surface area contributed by atoms with Crippen molar-refractivity contribution in [3.8, 4) is 5.75 Å². The molecule has 0 amide bonds. The van der Waals surface area contributed by atoms with Gasteiger partial charge >= 0.3 is 0 Å². The van der Waals surface area contributed by atoms with Crippen LogP contribution in [-0.2, 0) is 6.54 Å². The highest BCUT2D eigenvalue weighted by molar-refractivity contribution is 9.09. The van der Waals surface area contributed by atoms with Gasteiger partial charge in [0.1, 0.15) is 5.75 Å². The zero-order valence-corrected chi connectivity index (χ0v) is 10.2. The van der Waals surface area contributed by atoms with Gasteiger partial charge in [-0.3, -0.25) is 0 Å². The molecule has 1 aromatic carbocycles. The molecule has 0 heterocycles. The molecule has 0 aliphatic rings. The van der Waals surface area contributed by atoms with E-state index in [1.807, 2.05) is 12.1 Å². The van der Waals surface area contributed by atoms with Crippen LogP contribution >= 0.6 is 15.9 Å². The van der Waals surface area contributed by atoms with Crippen LogP contribution in [0.2, 0.25) is 0 Å². The van der Waals surface area contributed by atoms with E-state index in [0.29, 0.717) is 6.04 Å². The third-order valence-electron chi connectivity index (χ3n) is 2.05. The molecule has 14 heavy (non-hydrogen) atoms. The predicted molar refractivity (Wildman–Crippen MR) is 63.1 cm³/mol. The van der Waals surface area contributed by atoms with Gasteiger partial charge in [0.15, 0.2) is 0 Å². The van der Waals surface area contributed by atoms with E-state index >= 15 is 0 Å². The molecular weight excluding hydrogens is 242 g/mol. The molecule has 3 heteroatoms. The van der Waals surface area contributed by atoms with E-state index in [1.165, 1.54) is 5.56 Å². The van der Waals surface area contributed by atoms with Gasteiger partial charge in [0.25, 0.3) is 0 Å². The summed E-state index contributed by atoms with van der Waals surface area (Å²) in [5.41, 5.74) is 1.28. The van der Waals surface area contributed by atoms with Crippen molar-refractivity contribution < 1.29 is 4.74 Å². The molecule has 0 aliphatic heterocycles. The SMILES string of the molecule is COc1ccc(CNC(C)CBr)cc1. The number of hydrogen-bond donors (Lipinski definition) is 1. The lowest BCUT2D eigenvalue weighted by atomic mass is 10.2. The molecular formula is C11H16BrNO. The molecule has 0 aliphatic carbocycles. The fourth-order valence-corrected chi connectivity index (χ4v) is 1.32. The maximum absolute atomic E-state index is 5.09. The maximum atomic E-state index is 5.09. The summed E-state index contributed by atoms with van der Waals surface area (Å²) in [5, 5.41) is 4.37. The Morgan fingerprint density at radius 2 is 2.00 bits per heavy atom. The van der Waals surface area contributed by atoms with Crippen molar-refractivity contribution in [3.63, 3.8) is 0 Å². The number of methoxy groups -OCH3 is 1. The van der Waals surface area contributed by atoms with Crippen LogP contribution in [0.3, 0.4) is 0 Å². The molecule has 0 saturated heterocycles. The fraction of sp³-hybridized carbons (Fsp3) is 0.455. The van der Waals surface area contributed by atoms with Crippen LogP contribution in [0, 0.1) is 0 Å². The minimum atomic E-state index is 0.497. The second-order valence-electron chi connectivity index (χ2n) is 3.28. The highest BCUT2D eigenvalue weighted by Gasteiger charge is 1.98. The van der Waals surface area contributed by atoms with Crippen LogP contribution in [0.15, 0.2) is 24.3 Å². The molecule has 1 atom stereocenters. The normalized spacial score (nSPS) is 12.5. The first kappa shape index (κ1) is 11.5. The van der Waals surface area contributed by atoms with E-state index in [0.717, 1.165) is 17.6 Å². The minimum Gasteiger partial charge on any atom is -0.497 e. The summed E-state index contributed by atoms with van der Waals surface area (Å²) < 4.78 is 5.09. The van der Waals surface area contributed by atoms with Gasteiger partial charge in [-0.2, -0.15) is 0 Å². The van der Waals surface area contributed by atoms with Crippen molar-refractivity contribution in [2.45, 2.75) is 19.5 Å². The zero-order chi connectivity index (χ0) is 10.4. The van der Waals surface area contributed by atoms with Gasteiger partial charge in [-0.1, -0.05) is 28.1 Å². The van der Waals surface area contributed by atoms with Crippen LogP contribution in [0.1, 0.15) is 12.5 Å². The molecule has 0 spiro atoms. The molecule has 0 radical (unpaired) electrons. The average molecular weight is 258 g/mol. The standard InChI is InChI=1S/C11H16BrNO/c1-9(7-12)13-8-10-3-5-11(14-2)6-4-10/h3-6,9,13H,7-8H2,1-2H3. The van der Waals surface area contributed by atoms with Crippen LogP contribution in [-0.4, -0.2) is 18.5 Å². The Hall–Kier alpha value is -0.540. The Balaban J connectivity index is 2.43. The van der Waals surface area contributed by atoms with Gasteiger partial charge in [-0.15, -0.1) is 0 Å². The van der Waals surface area contributed by atoms with E-state index in [1.54, 1.807) is 7.11 Å². The predicted octanol–water partition coefficient (Wildman–Crippen LogP) is 2.57. The molecule has 0 fully saturated rings. The van der Waals surface area contributed by atoms with E-state index in [-0.39, 0.29) is 0 Å². The molecule has 1 unspecified atom stereocenters. The number of ether oxygens (including phenoxy) is 1. The molecule has 2 nitrogen and oxygen atoms in total. The van der Waals surface area contributed by atoms with Crippen LogP contribution in [0.25, 0.3) is 0 Å². The van der Waals surface area contributed by atoms with Crippen LogP contribution < -0.4 is 10.1 Å². The van der Waals surface area contributed by atoms with Gasteiger partial charge in [0, 0.05) is 17.9 Å². The van der Waals surface area contributed by atoms with E-state index < -0.39 is 0 Å². The Kier molecular flexibility index (Phi) is 4.98. The molecule has 0 aromatic heterocycles. The van der Waals surface area contributed by atoms with Crippen molar-refractivity contribution in [2.75, 3.05) is 12.4 Å². The third kappa shape index (κ3) is 3.68. The summed E-state index contributed by atoms with van der Waals surface area (Å²) in [7, 11) is 1.68. The van der Waals surface area contributed by atoms with Gasteiger partial charge < -0.3 is 10.1 Å². The minimum absolute atomic E-state index is 0.497. The van der Waals surface area contributed by atoms with Crippen LogP contribution in [0.4, 0.5) is 0 Å². The number of benzene rings is 1. The van der Waals surface area contributed by atoms with Gasteiger partial charge in [-0.05, 0) is 24.6 Å². The van der Waals surface area contributed by atoms with Crippen LogP contribution in [0.5, 0.6) is 5.75 Å². The number of halogens is 1. The Morgan fingerprint density at radius 1 is 1.36 bits per heavy atom. The van der Waals surface area contributed by atoms with E-state index in [9.17, 15) is 0 Å². The monoisotopic (exact) mass is 257 g/mol. The zero-order valence-electron chi connectivity index (χ0n) is 8.59. The third-order valence-corrected chi connectivity index (χ3v) is 3.02. The molecule has 1 rings (SSSR count). The first-order valence-corrected chi connectivity index (χ1v) is 5.80. The quantitative estimate of drug-likeness (QED) is 0.819. The van der Waals surface area contributed by atoms with Gasteiger partial charge in [0.2, 0.25) is 0 Å². The van der Waals surface area contributed by atoms with E-state index in [2.05, 4.69) is 40.3 Å². The number of hydrogen-bond acceptors (Lipinski definition) is 2. The number of alkyl halides is 1. The summed E-state index contributed by atoms with van der Waals surface area (Å²) in [4.78, 5) is 0. The van der Waals surface area contributed by atoms with Gasteiger partial charge in [0.05, 0.1) is 7.11 Å². The Bertz CT molecular complexity index is 260. The smallest absolute Gasteiger partial charge is 0.118 e. The first-order valence-electron chi connectivity index (χ1n) is 4.68. The summed E-state index contributed by atoms with van der Waals surface area (Å²) >= 11 is 3.43. The highest BCUT2D eigenvalue weighted by atomic mass is 79.9. The van der Waals surface area contributed by atoms with Crippen molar-refractivity contribution in [2.24, 2.45) is 0 Å². The van der Waals surface area contributed by atoms with Crippen molar-refractivity contribution in [3.05, 3.63) is 29.8 Å². The van der Waals surface area contributed by atoms with E-state index in [4.69, 9.17) is 4.74 Å². The summed E-state index contributed by atoms with van der Waals surface area (Å²) in [6, 6.07) is 8.61. The number of nitrogens with one attached hydrogen (secondary N) is 1. The van der Waals surface area contributed by atoms with Gasteiger partial charge in [-0.25, -0.2) is 0 Å². The Labute approximate surface area is 93.8 Å². The average Bonchev–Trinajstić information content (AvgIpc) is 2.26. The second-order valence-corrected chi connectivity index (χ2v) is 3.93. The van der Waals surface area contributed by atoms with Crippen molar-refractivity contribution in [1.82, 2.24) is 5.32 Å². The molecule has 1 aromatic rings. The lowest BCUT2D eigenvalue weighted by Gasteiger charge is -2.10. The molecule has 0 saturated carbocycles. The lowest BCUT2D eigenvalue weighted by Crippen LogP contribution is -2.26. The maximum Gasteiger partial charge on any atom is 0.118 e. The molecule has 78 valence electrons.